The van der Waals surface area contributed by atoms with Gasteiger partial charge in [-0.3, -0.25) is 0 Å². The normalized spacial score (nSPS) is 12.9. The van der Waals surface area contributed by atoms with Crippen molar-refractivity contribution in [3.8, 4) is 0 Å². The molecule has 1 rings (SSSR count). The van der Waals surface area contributed by atoms with Gasteiger partial charge >= 0.3 is 6.03 Å². The van der Waals surface area contributed by atoms with Crippen molar-refractivity contribution in [2.24, 2.45) is 0 Å². The maximum absolute atomic E-state index is 13.4. The van der Waals surface area contributed by atoms with Crippen molar-refractivity contribution in [3.63, 3.8) is 0 Å². The Hall–Kier alpha value is -1.34. The van der Waals surface area contributed by atoms with E-state index < -0.39 is 29.3 Å². The van der Waals surface area contributed by atoms with Crippen LogP contribution < -0.4 is 10.6 Å². The van der Waals surface area contributed by atoms with Crippen molar-refractivity contribution in [1.29, 1.82) is 0 Å². The molecule has 2 amide bonds. The molecule has 7 heteroatoms. The molecule has 1 aromatic rings. The predicted molar refractivity (Wildman–Crippen MR) is 80.3 cm³/mol. The van der Waals surface area contributed by atoms with Gasteiger partial charge in [0.05, 0.1) is 5.56 Å². The molecule has 0 aliphatic heterocycles. The van der Waals surface area contributed by atoms with Crippen molar-refractivity contribution < 1.29 is 18.7 Å². The molecule has 0 aromatic heterocycles. The fraction of sp³-hybridized carbons (Fsp3) is 0.500. The standard InChI is InChI=1S/C14H20F2N2O2S/c1-14(2,21-3)8-18-13(20)17-7-11(19)12-9(15)5-4-6-10(12)16/h4-6,11,19H,7-8H2,1-3H3,(H2,17,18,20). The number of halogens is 2. The zero-order chi connectivity index (χ0) is 16.0. The van der Waals surface area contributed by atoms with Gasteiger partial charge in [0.1, 0.15) is 17.7 Å². The van der Waals surface area contributed by atoms with Crippen LogP contribution in [0.1, 0.15) is 25.5 Å². The van der Waals surface area contributed by atoms with Gasteiger partial charge in [0.2, 0.25) is 0 Å². The first kappa shape index (κ1) is 17.7. The first-order chi connectivity index (χ1) is 9.76. The monoisotopic (exact) mass is 318 g/mol. The molecule has 0 saturated carbocycles. The molecule has 21 heavy (non-hydrogen) atoms. The van der Waals surface area contributed by atoms with Crippen LogP contribution in [0.3, 0.4) is 0 Å². The molecule has 1 atom stereocenters. The second-order valence-electron chi connectivity index (χ2n) is 5.18. The van der Waals surface area contributed by atoms with Crippen molar-refractivity contribution in [2.45, 2.75) is 24.7 Å². The van der Waals surface area contributed by atoms with E-state index in [1.165, 1.54) is 6.07 Å². The van der Waals surface area contributed by atoms with Crippen molar-refractivity contribution in [2.75, 3.05) is 19.3 Å². The van der Waals surface area contributed by atoms with Crippen LogP contribution in [-0.2, 0) is 0 Å². The fourth-order valence-corrected chi connectivity index (χ4v) is 1.76. The maximum atomic E-state index is 13.4. The lowest BCUT2D eigenvalue weighted by atomic mass is 10.1. The first-order valence-corrected chi connectivity index (χ1v) is 7.68. The Morgan fingerprint density at radius 3 is 2.43 bits per heavy atom. The maximum Gasteiger partial charge on any atom is 0.314 e. The molecule has 118 valence electrons. The van der Waals surface area contributed by atoms with Gasteiger partial charge in [-0.15, -0.1) is 0 Å². The van der Waals surface area contributed by atoms with Crippen molar-refractivity contribution in [1.82, 2.24) is 10.6 Å². The summed E-state index contributed by atoms with van der Waals surface area (Å²) in [5, 5.41) is 14.8. The van der Waals surface area contributed by atoms with Crippen LogP contribution in [0.4, 0.5) is 13.6 Å². The van der Waals surface area contributed by atoms with Crippen LogP contribution in [0.15, 0.2) is 18.2 Å². The summed E-state index contributed by atoms with van der Waals surface area (Å²) in [5.41, 5.74) is -0.442. The highest BCUT2D eigenvalue weighted by Gasteiger charge is 2.20. The minimum atomic E-state index is -1.44. The summed E-state index contributed by atoms with van der Waals surface area (Å²) in [4.78, 5) is 11.6. The predicted octanol–water partition coefficient (Wildman–Crippen LogP) is 2.44. The van der Waals surface area contributed by atoms with E-state index in [1.807, 2.05) is 20.1 Å². The minimum absolute atomic E-state index is 0.117. The number of amides is 2. The number of aliphatic hydroxyl groups excluding tert-OH is 1. The van der Waals surface area contributed by atoms with E-state index >= 15 is 0 Å². The second-order valence-corrected chi connectivity index (χ2v) is 6.69. The third-order valence-electron chi connectivity index (χ3n) is 3.02. The molecular formula is C14H20F2N2O2S. The SMILES string of the molecule is CSC(C)(C)CNC(=O)NCC(O)c1c(F)cccc1F. The van der Waals surface area contributed by atoms with Crippen LogP contribution in [0, 0.1) is 11.6 Å². The van der Waals surface area contributed by atoms with E-state index in [1.54, 1.807) is 11.8 Å². The second kappa shape index (κ2) is 7.61. The summed E-state index contributed by atoms with van der Waals surface area (Å²) in [7, 11) is 0. The molecule has 0 fully saturated rings. The molecule has 0 radical (unpaired) electrons. The van der Waals surface area contributed by atoms with Crippen LogP contribution in [0.5, 0.6) is 0 Å². The highest BCUT2D eigenvalue weighted by Crippen LogP contribution is 2.20. The van der Waals surface area contributed by atoms with Gasteiger partial charge in [0, 0.05) is 17.8 Å². The zero-order valence-corrected chi connectivity index (χ0v) is 13.1. The van der Waals surface area contributed by atoms with Crippen molar-refractivity contribution in [3.05, 3.63) is 35.4 Å². The van der Waals surface area contributed by atoms with Crippen LogP contribution in [0.2, 0.25) is 0 Å². The summed E-state index contributed by atoms with van der Waals surface area (Å²) < 4.78 is 26.8. The molecule has 0 aliphatic carbocycles. The average molecular weight is 318 g/mol. The van der Waals surface area contributed by atoms with E-state index in [-0.39, 0.29) is 11.3 Å². The van der Waals surface area contributed by atoms with Gasteiger partial charge in [0.15, 0.2) is 0 Å². The van der Waals surface area contributed by atoms with Gasteiger partial charge in [-0.25, -0.2) is 13.6 Å². The van der Waals surface area contributed by atoms with Gasteiger partial charge in [-0.05, 0) is 32.2 Å². The third-order valence-corrected chi connectivity index (χ3v) is 4.27. The zero-order valence-electron chi connectivity index (χ0n) is 12.2. The number of nitrogens with one attached hydrogen (secondary N) is 2. The number of urea groups is 1. The molecule has 0 heterocycles. The summed E-state index contributed by atoms with van der Waals surface area (Å²) in [5.74, 6) is -1.68. The summed E-state index contributed by atoms with van der Waals surface area (Å²) in [6.45, 7) is 4.11. The third kappa shape index (κ3) is 5.51. The number of rotatable bonds is 6. The lowest BCUT2D eigenvalue weighted by Gasteiger charge is -2.22. The number of carbonyl (C=O) groups excluding carboxylic acids is 1. The summed E-state index contributed by atoms with van der Waals surface area (Å²) >= 11 is 1.60. The number of hydrogen-bond acceptors (Lipinski definition) is 3. The van der Waals surface area contributed by atoms with Gasteiger partial charge in [0.25, 0.3) is 0 Å². The number of carbonyl (C=O) groups is 1. The first-order valence-electron chi connectivity index (χ1n) is 6.45. The molecule has 0 spiro atoms. The van der Waals surface area contributed by atoms with Crippen LogP contribution >= 0.6 is 11.8 Å². The fourth-order valence-electron chi connectivity index (χ4n) is 1.55. The Bertz CT molecular complexity index is 478. The highest BCUT2D eigenvalue weighted by molar-refractivity contribution is 7.99. The Morgan fingerprint density at radius 2 is 1.90 bits per heavy atom. The Balaban J connectivity index is 2.50. The Labute approximate surface area is 127 Å². The van der Waals surface area contributed by atoms with Gasteiger partial charge in [-0.1, -0.05) is 6.07 Å². The molecule has 1 unspecified atom stereocenters. The Kier molecular flexibility index (Phi) is 6.42. The molecular weight excluding hydrogens is 298 g/mol. The Morgan fingerprint density at radius 1 is 1.33 bits per heavy atom. The van der Waals surface area contributed by atoms with E-state index in [4.69, 9.17) is 0 Å². The molecule has 0 saturated heterocycles. The largest absolute Gasteiger partial charge is 0.386 e. The lowest BCUT2D eigenvalue weighted by molar-refractivity contribution is 0.164. The van der Waals surface area contributed by atoms with E-state index in [0.29, 0.717) is 6.54 Å². The summed E-state index contributed by atoms with van der Waals surface area (Å²) in [6, 6.07) is 2.84. The van der Waals surface area contributed by atoms with Gasteiger partial charge < -0.3 is 15.7 Å². The minimum Gasteiger partial charge on any atom is -0.386 e. The van der Waals surface area contributed by atoms with E-state index in [9.17, 15) is 18.7 Å². The molecule has 0 aliphatic rings. The quantitative estimate of drug-likeness (QED) is 0.755. The summed E-state index contributed by atoms with van der Waals surface area (Å²) in [6.07, 6.45) is 0.495. The molecule has 0 bridgehead atoms. The molecule has 3 N–H and O–H groups in total. The van der Waals surface area contributed by atoms with Crippen LogP contribution in [-0.4, -0.2) is 35.2 Å². The van der Waals surface area contributed by atoms with Crippen molar-refractivity contribution >= 4 is 17.8 Å². The highest BCUT2D eigenvalue weighted by atomic mass is 32.2. The molecule has 4 nitrogen and oxygen atoms in total. The van der Waals surface area contributed by atoms with Gasteiger partial charge in [-0.2, -0.15) is 11.8 Å². The number of hydrogen-bond donors (Lipinski definition) is 3. The number of thioether (sulfide) groups is 1. The van der Waals surface area contributed by atoms with E-state index in [0.717, 1.165) is 12.1 Å². The van der Waals surface area contributed by atoms with E-state index in [2.05, 4.69) is 10.6 Å². The smallest absolute Gasteiger partial charge is 0.314 e. The topological polar surface area (TPSA) is 61.4 Å². The lowest BCUT2D eigenvalue weighted by Crippen LogP contribution is -2.43. The van der Waals surface area contributed by atoms with Crippen LogP contribution in [0.25, 0.3) is 0 Å². The number of benzene rings is 1. The molecule has 1 aromatic carbocycles. The number of aliphatic hydroxyl groups is 1. The average Bonchev–Trinajstić information content (AvgIpc) is 2.43.